The number of amides is 1. The molecule has 2 aliphatic heterocycles. The zero-order chi connectivity index (χ0) is 26.9. The molecule has 1 aromatic heterocycles. The third-order valence-corrected chi connectivity index (χ3v) is 7.65. The molecule has 2 saturated heterocycles. The van der Waals surface area contributed by atoms with E-state index in [1.165, 1.54) is 24.4 Å². The predicted octanol–water partition coefficient (Wildman–Crippen LogP) is 6.03. The Morgan fingerprint density at radius 1 is 1.27 bits per heavy atom. The van der Waals surface area contributed by atoms with E-state index < -0.39 is 11.7 Å². The highest BCUT2D eigenvalue weighted by molar-refractivity contribution is 6.32. The van der Waals surface area contributed by atoms with Crippen LogP contribution in [0, 0.1) is 0 Å². The number of carbonyl (C=O) groups is 1. The van der Waals surface area contributed by atoms with Gasteiger partial charge in [0.25, 0.3) is 0 Å². The Balaban J connectivity index is 1.45. The number of halogens is 4. The zero-order valence-electron chi connectivity index (χ0n) is 21.3. The molecule has 11 heteroatoms. The summed E-state index contributed by atoms with van der Waals surface area (Å²) < 4.78 is 41.4. The van der Waals surface area contributed by atoms with Gasteiger partial charge in [0.15, 0.2) is 0 Å². The Kier molecular flexibility index (Phi) is 8.08. The summed E-state index contributed by atoms with van der Waals surface area (Å²) in [6.07, 6.45) is 1.86. The van der Waals surface area contributed by atoms with Gasteiger partial charge in [0.2, 0.25) is 0 Å². The van der Waals surface area contributed by atoms with Crippen LogP contribution >= 0.6 is 11.6 Å². The van der Waals surface area contributed by atoms with Crippen LogP contribution in [0.4, 0.5) is 23.7 Å². The van der Waals surface area contributed by atoms with Crippen molar-refractivity contribution >= 4 is 29.1 Å². The lowest BCUT2D eigenvalue weighted by Gasteiger charge is -2.41. The van der Waals surface area contributed by atoms with E-state index in [9.17, 15) is 23.1 Å². The second-order valence-corrected chi connectivity index (χ2v) is 10.3. The van der Waals surface area contributed by atoms with Gasteiger partial charge in [0.1, 0.15) is 11.5 Å². The number of hydrogen-bond donors (Lipinski definition) is 1. The highest BCUT2D eigenvalue weighted by atomic mass is 35.5. The van der Waals surface area contributed by atoms with Crippen LogP contribution in [-0.4, -0.2) is 69.5 Å². The van der Waals surface area contributed by atoms with Crippen molar-refractivity contribution in [3.63, 3.8) is 0 Å². The van der Waals surface area contributed by atoms with E-state index in [1.54, 1.807) is 17.9 Å². The number of nitrogens with zero attached hydrogens (tertiary/aromatic N) is 5. The van der Waals surface area contributed by atoms with Crippen LogP contribution in [0.25, 0.3) is 5.76 Å². The van der Waals surface area contributed by atoms with Gasteiger partial charge in [-0.2, -0.15) is 23.0 Å². The molecule has 4 rings (SSSR count). The highest BCUT2D eigenvalue weighted by Gasteiger charge is 2.34. The Morgan fingerprint density at radius 2 is 1.97 bits per heavy atom. The number of likely N-dealkylation sites (tertiary alicyclic amines) is 1. The van der Waals surface area contributed by atoms with Crippen LogP contribution in [0.3, 0.4) is 0 Å². The van der Waals surface area contributed by atoms with Gasteiger partial charge in [0, 0.05) is 44.0 Å². The van der Waals surface area contributed by atoms with E-state index in [-0.39, 0.29) is 34.6 Å². The largest absolute Gasteiger partial charge is 0.506 e. The van der Waals surface area contributed by atoms with E-state index >= 15 is 0 Å². The van der Waals surface area contributed by atoms with Gasteiger partial charge in [-0.1, -0.05) is 17.7 Å². The van der Waals surface area contributed by atoms with Crippen LogP contribution in [0.15, 0.2) is 30.5 Å². The average Bonchev–Trinajstić information content (AvgIpc) is 3.53. The first-order valence-corrected chi connectivity index (χ1v) is 12.9. The molecule has 0 saturated carbocycles. The molecule has 0 radical (unpaired) electrons. The molecule has 1 aromatic carbocycles. The minimum atomic E-state index is -4.38. The Bertz CT molecular complexity index is 1160. The van der Waals surface area contributed by atoms with Crippen LogP contribution in [-0.2, 0) is 12.7 Å². The Morgan fingerprint density at radius 3 is 2.59 bits per heavy atom. The summed E-state index contributed by atoms with van der Waals surface area (Å²) >= 11 is 6.15. The number of anilines is 1. The van der Waals surface area contributed by atoms with Gasteiger partial charge < -0.3 is 14.9 Å². The molecule has 2 aromatic rings. The fourth-order valence-electron chi connectivity index (χ4n) is 5.25. The van der Waals surface area contributed by atoms with Crippen molar-refractivity contribution in [2.45, 2.75) is 64.3 Å². The van der Waals surface area contributed by atoms with Crippen molar-refractivity contribution in [2.24, 2.45) is 0 Å². The molecule has 1 N–H and O–H groups in total. The van der Waals surface area contributed by atoms with E-state index in [2.05, 4.69) is 14.9 Å². The minimum absolute atomic E-state index is 0.0823. The van der Waals surface area contributed by atoms with Crippen molar-refractivity contribution in [1.82, 2.24) is 19.6 Å². The second kappa shape index (κ2) is 10.9. The first-order chi connectivity index (χ1) is 17.5. The molecular weight excluding hydrogens is 507 g/mol. The molecule has 3 heterocycles. The molecule has 2 unspecified atom stereocenters. The van der Waals surface area contributed by atoms with Crippen molar-refractivity contribution in [3.8, 4) is 0 Å². The summed E-state index contributed by atoms with van der Waals surface area (Å²) in [7, 11) is 1.99. The summed E-state index contributed by atoms with van der Waals surface area (Å²) in [5, 5.41) is 14.3. The van der Waals surface area contributed by atoms with Crippen LogP contribution in [0.5, 0.6) is 0 Å². The zero-order valence-corrected chi connectivity index (χ0v) is 22.1. The maximum atomic E-state index is 13.4. The normalized spacial score (nSPS) is 21.2. The van der Waals surface area contributed by atoms with Crippen molar-refractivity contribution in [1.29, 1.82) is 0 Å². The van der Waals surface area contributed by atoms with Gasteiger partial charge in [-0.15, -0.1) is 0 Å². The number of allylic oxidation sites excluding steroid dienone is 1. The number of aliphatic hydroxyl groups is 1. The van der Waals surface area contributed by atoms with Crippen molar-refractivity contribution < 1.29 is 23.1 Å². The number of hydrogen-bond acceptors (Lipinski definition) is 5. The SMILES string of the molecule is CC=C(O)c1nn(C(=O)N2CCC(N(C)Cc3ccc(C(F)(F)F)cc3N3CCCC3)CC2C)cc1Cl. The van der Waals surface area contributed by atoms with E-state index in [4.69, 9.17) is 11.6 Å². The number of piperidine rings is 1. The third-order valence-electron chi connectivity index (χ3n) is 7.38. The van der Waals surface area contributed by atoms with Gasteiger partial charge in [-0.3, -0.25) is 4.90 Å². The lowest BCUT2D eigenvalue weighted by Crippen LogP contribution is -2.51. The fraction of sp³-hybridized carbons (Fsp3) is 0.538. The van der Waals surface area contributed by atoms with Gasteiger partial charge >= 0.3 is 12.2 Å². The number of alkyl halides is 3. The van der Waals surface area contributed by atoms with E-state index in [0.29, 0.717) is 31.6 Å². The smallest absolute Gasteiger partial charge is 0.416 e. The summed E-state index contributed by atoms with van der Waals surface area (Å²) in [4.78, 5) is 19.1. The number of rotatable bonds is 5. The molecule has 0 bridgehead atoms. The molecule has 2 aliphatic rings. The Hall–Kier alpha value is -2.72. The summed E-state index contributed by atoms with van der Waals surface area (Å²) in [5.74, 6) is -0.0958. The van der Waals surface area contributed by atoms with E-state index in [0.717, 1.165) is 36.2 Å². The van der Waals surface area contributed by atoms with Crippen LogP contribution in [0.2, 0.25) is 5.02 Å². The molecule has 0 spiro atoms. The first-order valence-electron chi connectivity index (χ1n) is 12.6. The fourth-order valence-corrected chi connectivity index (χ4v) is 5.48. The molecule has 2 fully saturated rings. The van der Waals surface area contributed by atoms with Gasteiger partial charge in [-0.25, -0.2) is 4.79 Å². The maximum absolute atomic E-state index is 13.4. The standard InChI is InChI=1S/C26H33ClF3N5O2/c1-4-23(36)24-21(27)16-35(31-24)25(37)34-12-9-20(13-17(34)2)32(3)15-18-7-8-19(26(28,29)30)14-22(18)33-10-5-6-11-33/h4,7-8,14,16-17,20,36H,5-6,9-13,15H2,1-3H3. The number of aromatic nitrogens is 2. The minimum Gasteiger partial charge on any atom is -0.506 e. The Labute approximate surface area is 220 Å². The lowest BCUT2D eigenvalue weighted by atomic mass is 9.96. The second-order valence-electron chi connectivity index (χ2n) is 9.90. The number of benzene rings is 1. The topological polar surface area (TPSA) is 64.8 Å². The van der Waals surface area contributed by atoms with Gasteiger partial charge in [0.05, 0.1) is 16.8 Å². The number of aliphatic hydroxyl groups excluding tert-OH is 1. The maximum Gasteiger partial charge on any atom is 0.416 e. The molecule has 37 heavy (non-hydrogen) atoms. The molecule has 1 amide bonds. The third kappa shape index (κ3) is 5.90. The first kappa shape index (κ1) is 27.3. The molecule has 7 nitrogen and oxygen atoms in total. The number of carbonyl (C=O) groups excluding carboxylic acids is 1. The molecule has 2 atom stereocenters. The molecule has 0 aliphatic carbocycles. The quantitative estimate of drug-likeness (QED) is 0.470. The predicted molar refractivity (Wildman–Crippen MR) is 138 cm³/mol. The average molecular weight is 540 g/mol. The van der Waals surface area contributed by atoms with Gasteiger partial charge in [-0.05, 0) is 70.4 Å². The summed E-state index contributed by atoms with van der Waals surface area (Å²) in [6.45, 7) is 6.18. The monoisotopic (exact) mass is 539 g/mol. The lowest BCUT2D eigenvalue weighted by molar-refractivity contribution is -0.137. The van der Waals surface area contributed by atoms with Crippen LogP contribution < -0.4 is 4.90 Å². The molecule has 202 valence electrons. The summed E-state index contributed by atoms with van der Waals surface area (Å²) in [6, 6.07) is 3.82. The highest BCUT2D eigenvalue weighted by Crippen LogP contribution is 2.35. The van der Waals surface area contributed by atoms with Crippen molar-refractivity contribution in [3.05, 3.63) is 52.3 Å². The van der Waals surface area contributed by atoms with Crippen LogP contribution in [0.1, 0.15) is 56.4 Å². The molecular formula is C26H33ClF3N5O2. The van der Waals surface area contributed by atoms with E-state index in [1.807, 2.05) is 14.0 Å². The summed E-state index contributed by atoms with van der Waals surface area (Å²) in [5.41, 5.74) is 1.08. The van der Waals surface area contributed by atoms with Crippen molar-refractivity contribution in [2.75, 3.05) is 31.6 Å².